The van der Waals surface area contributed by atoms with E-state index in [4.69, 9.17) is 12.2 Å². The number of benzene rings is 1. The second-order valence-electron chi connectivity index (χ2n) is 4.21. The summed E-state index contributed by atoms with van der Waals surface area (Å²) in [6.07, 6.45) is 0. The zero-order valence-electron chi connectivity index (χ0n) is 9.31. The molecule has 0 bridgehead atoms. The van der Waals surface area contributed by atoms with E-state index >= 15 is 0 Å². The maximum Gasteiger partial charge on any atom is 0.249 e. The van der Waals surface area contributed by atoms with Crippen LogP contribution in [0, 0.1) is 11.8 Å². The van der Waals surface area contributed by atoms with E-state index in [0.29, 0.717) is 4.99 Å². The third-order valence-corrected chi connectivity index (χ3v) is 3.11. The second kappa shape index (κ2) is 4.22. The molecule has 0 saturated carbocycles. The van der Waals surface area contributed by atoms with Crippen LogP contribution in [0.3, 0.4) is 0 Å². The van der Waals surface area contributed by atoms with Gasteiger partial charge in [-0.25, -0.2) is 5.01 Å². The lowest BCUT2D eigenvalue weighted by Crippen LogP contribution is -2.34. The molecular formula is C12H14N2OS. The minimum Gasteiger partial charge on any atom is -0.272 e. The number of para-hydroxylation sites is 1. The molecule has 1 N–H and O–H groups in total. The number of nitrogens with zero attached hydrogens (tertiary/aromatic N) is 1. The van der Waals surface area contributed by atoms with Crippen LogP contribution in [-0.4, -0.2) is 10.9 Å². The average Bonchev–Trinajstić information content (AvgIpc) is 2.55. The summed E-state index contributed by atoms with van der Waals surface area (Å²) in [6, 6.07) is 9.63. The fourth-order valence-electron chi connectivity index (χ4n) is 1.84. The third kappa shape index (κ3) is 1.80. The minimum atomic E-state index is -0.199. The first-order chi connectivity index (χ1) is 7.61. The summed E-state index contributed by atoms with van der Waals surface area (Å²) in [5.41, 5.74) is 3.71. The number of anilines is 1. The zero-order chi connectivity index (χ0) is 11.7. The summed E-state index contributed by atoms with van der Waals surface area (Å²) in [7, 11) is 0. The van der Waals surface area contributed by atoms with Gasteiger partial charge in [0.05, 0.1) is 11.6 Å². The van der Waals surface area contributed by atoms with Crippen molar-refractivity contribution in [2.45, 2.75) is 13.8 Å². The summed E-state index contributed by atoms with van der Waals surface area (Å²) in [4.78, 5) is 12.4. The largest absolute Gasteiger partial charge is 0.272 e. The van der Waals surface area contributed by atoms with Gasteiger partial charge in [-0.2, -0.15) is 0 Å². The highest BCUT2D eigenvalue weighted by Gasteiger charge is 2.38. The average molecular weight is 234 g/mol. The fraction of sp³-hybridized carbons (Fsp3) is 0.333. The molecule has 1 heterocycles. The molecule has 1 aliphatic heterocycles. The second-order valence-corrected chi connectivity index (χ2v) is 4.63. The van der Waals surface area contributed by atoms with Crippen molar-refractivity contribution in [2.24, 2.45) is 11.8 Å². The normalized spacial score (nSPS) is 20.4. The molecule has 0 spiro atoms. The standard InChI is InChI=1S/C12H14N2OS/c1-8(2)10-11(15)13-14(12(10)16)9-6-4-3-5-7-9/h3-8,10H,1-2H3,(H,13,15)/t10-/m0/s1. The predicted octanol–water partition coefficient (Wildman–Crippen LogP) is 2.14. The number of hydrogen-bond acceptors (Lipinski definition) is 2. The Hall–Kier alpha value is -1.42. The first-order valence-electron chi connectivity index (χ1n) is 5.31. The first-order valence-corrected chi connectivity index (χ1v) is 5.71. The van der Waals surface area contributed by atoms with Crippen molar-refractivity contribution in [1.29, 1.82) is 0 Å². The molecule has 1 amide bonds. The van der Waals surface area contributed by atoms with Crippen molar-refractivity contribution in [3.8, 4) is 0 Å². The molecule has 84 valence electrons. The van der Waals surface area contributed by atoms with Crippen molar-refractivity contribution in [1.82, 2.24) is 5.43 Å². The van der Waals surface area contributed by atoms with Gasteiger partial charge in [0.1, 0.15) is 4.99 Å². The fourth-order valence-corrected chi connectivity index (χ4v) is 2.37. The Bertz CT molecular complexity index is 416. The molecule has 0 aliphatic carbocycles. The van der Waals surface area contributed by atoms with Gasteiger partial charge in [-0.15, -0.1) is 0 Å². The molecule has 1 aromatic carbocycles. The van der Waals surface area contributed by atoms with Gasteiger partial charge in [0.25, 0.3) is 0 Å². The monoisotopic (exact) mass is 234 g/mol. The van der Waals surface area contributed by atoms with Crippen LogP contribution in [0.1, 0.15) is 13.8 Å². The van der Waals surface area contributed by atoms with Crippen LogP contribution in [0.2, 0.25) is 0 Å². The summed E-state index contributed by atoms with van der Waals surface area (Å²) in [6.45, 7) is 4.01. The van der Waals surface area contributed by atoms with E-state index in [2.05, 4.69) is 5.43 Å². The number of amides is 1. The van der Waals surface area contributed by atoms with Crippen molar-refractivity contribution in [3.05, 3.63) is 30.3 Å². The molecule has 1 atom stereocenters. The van der Waals surface area contributed by atoms with E-state index in [1.165, 1.54) is 0 Å². The van der Waals surface area contributed by atoms with Gasteiger partial charge in [0.15, 0.2) is 0 Å². The molecule has 1 aromatic rings. The molecule has 2 rings (SSSR count). The Morgan fingerprint density at radius 1 is 1.31 bits per heavy atom. The smallest absolute Gasteiger partial charge is 0.249 e. The van der Waals surface area contributed by atoms with E-state index in [1.54, 1.807) is 5.01 Å². The Morgan fingerprint density at radius 2 is 1.94 bits per heavy atom. The molecule has 0 unspecified atom stereocenters. The minimum absolute atomic E-state index is 0.0103. The Morgan fingerprint density at radius 3 is 2.44 bits per heavy atom. The molecule has 4 heteroatoms. The van der Waals surface area contributed by atoms with Crippen LogP contribution < -0.4 is 10.4 Å². The van der Waals surface area contributed by atoms with Gasteiger partial charge in [0.2, 0.25) is 5.91 Å². The van der Waals surface area contributed by atoms with Crippen LogP contribution in [0.5, 0.6) is 0 Å². The highest BCUT2D eigenvalue weighted by molar-refractivity contribution is 7.80. The number of thiocarbonyl (C=S) groups is 1. The van der Waals surface area contributed by atoms with E-state index in [1.807, 2.05) is 44.2 Å². The molecule has 1 saturated heterocycles. The number of hydrazine groups is 1. The van der Waals surface area contributed by atoms with E-state index < -0.39 is 0 Å². The van der Waals surface area contributed by atoms with E-state index in [9.17, 15) is 4.79 Å². The number of carbonyl (C=O) groups excluding carboxylic acids is 1. The lowest BCUT2D eigenvalue weighted by molar-refractivity contribution is -0.122. The maximum absolute atomic E-state index is 11.8. The van der Waals surface area contributed by atoms with Crippen molar-refractivity contribution >= 4 is 28.8 Å². The Kier molecular flexibility index (Phi) is 2.92. The van der Waals surface area contributed by atoms with Crippen LogP contribution in [0.4, 0.5) is 5.69 Å². The van der Waals surface area contributed by atoms with Crippen LogP contribution >= 0.6 is 12.2 Å². The highest BCUT2D eigenvalue weighted by Crippen LogP contribution is 2.25. The Balaban J connectivity index is 2.28. The van der Waals surface area contributed by atoms with Crippen molar-refractivity contribution < 1.29 is 4.79 Å². The first kappa shape index (κ1) is 11.1. The molecule has 0 radical (unpaired) electrons. The summed E-state index contributed by atoms with van der Waals surface area (Å²) in [5.74, 6) is 0.0141. The molecule has 1 aliphatic rings. The van der Waals surface area contributed by atoms with Gasteiger partial charge in [-0.1, -0.05) is 44.3 Å². The quantitative estimate of drug-likeness (QED) is 0.796. The maximum atomic E-state index is 11.8. The number of carbonyl (C=O) groups is 1. The van der Waals surface area contributed by atoms with Gasteiger partial charge in [-0.05, 0) is 18.1 Å². The van der Waals surface area contributed by atoms with Crippen molar-refractivity contribution in [3.63, 3.8) is 0 Å². The molecule has 0 aromatic heterocycles. The molecule has 1 fully saturated rings. The lowest BCUT2D eigenvalue weighted by atomic mass is 9.96. The van der Waals surface area contributed by atoms with Crippen LogP contribution in [-0.2, 0) is 4.79 Å². The van der Waals surface area contributed by atoms with Crippen LogP contribution in [0.25, 0.3) is 0 Å². The van der Waals surface area contributed by atoms with Crippen molar-refractivity contribution in [2.75, 3.05) is 5.01 Å². The summed E-state index contributed by atoms with van der Waals surface area (Å²) >= 11 is 5.34. The van der Waals surface area contributed by atoms with Gasteiger partial charge >= 0.3 is 0 Å². The molecule has 16 heavy (non-hydrogen) atoms. The van der Waals surface area contributed by atoms with Crippen LogP contribution in [0.15, 0.2) is 30.3 Å². The van der Waals surface area contributed by atoms with Gasteiger partial charge in [-0.3, -0.25) is 10.2 Å². The zero-order valence-corrected chi connectivity index (χ0v) is 10.1. The third-order valence-electron chi connectivity index (χ3n) is 2.67. The van der Waals surface area contributed by atoms with Gasteiger partial charge < -0.3 is 0 Å². The van der Waals surface area contributed by atoms with E-state index in [-0.39, 0.29) is 17.7 Å². The SMILES string of the molecule is CC(C)[C@H]1C(=O)NN(c2ccccc2)C1=S. The van der Waals surface area contributed by atoms with Gasteiger partial charge in [0, 0.05) is 0 Å². The summed E-state index contributed by atoms with van der Waals surface area (Å²) < 4.78 is 0. The molecular weight excluding hydrogens is 220 g/mol. The van der Waals surface area contributed by atoms with E-state index in [0.717, 1.165) is 5.69 Å². The summed E-state index contributed by atoms with van der Waals surface area (Å²) in [5, 5.41) is 1.70. The number of hydrogen-bond donors (Lipinski definition) is 1. The molecule has 3 nitrogen and oxygen atoms in total. The highest BCUT2D eigenvalue weighted by atomic mass is 32.1. The number of rotatable bonds is 2. The lowest BCUT2D eigenvalue weighted by Gasteiger charge is -2.18. The number of nitrogens with one attached hydrogen (secondary N) is 1. The topological polar surface area (TPSA) is 32.3 Å². The Labute approximate surface area is 100 Å². The predicted molar refractivity (Wildman–Crippen MR) is 68.0 cm³/mol.